The van der Waals surface area contributed by atoms with Crippen LogP contribution in [0.15, 0.2) is 22.8 Å². The van der Waals surface area contributed by atoms with E-state index in [1.807, 2.05) is 18.2 Å². The molecule has 0 fully saturated rings. The summed E-state index contributed by atoms with van der Waals surface area (Å²) in [6.07, 6.45) is 0.976. The number of pyridine rings is 1. The normalized spacial score (nSPS) is 12.4. The molecule has 1 atom stereocenters. The summed E-state index contributed by atoms with van der Waals surface area (Å²) in [5, 5.41) is 0. The maximum atomic E-state index is 5.98. The van der Waals surface area contributed by atoms with Crippen molar-refractivity contribution in [3.05, 3.63) is 28.5 Å². The van der Waals surface area contributed by atoms with Crippen LogP contribution in [0.4, 0.5) is 0 Å². The minimum absolute atomic E-state index is 0. The van der Waals surface area contributed by atoms with Crippen LogP contribution < -0.4 is 5.73 Å². The summed E-state index contributed by atoms with van der Waals surface area (Å²) < 4.78 is 0.851. The molecule has 2 nitrogen and oxygen atoms in total. The average Bonchev–Trinajstić information content (AvgIpc) is 2.03. The van der Waals surface area contributed by atoms with E-state index in [2.05, 4.69) is 34.8 Å². The highest BCUT2D eigenvalue weighted by atomic mass is 79.9. The molecular formula is C10H16BrClN2. The topological polar surface area (TPSA) is 38.9 Å². The molecule has 4 heteroatoms. The molecule has 0 aliphatic heterocycles. The van der Waals surface area contributed by atoms with Crippen molar-refractivity contribution in [2.45, 2.75) is 26.3 Å². The van der Waals surface area contributed by atoms with E-state index in [0.717, 1.165) is 16.7 Å². The highest BCUT2D eigenvalue weighted by molar-refractivity contribution is 9.10. The van der Waals surface area contributed by atoms with Crippen molar-refractivity contribution in [2.75, 3.05) is 0 Å². The molecule has 2 N–H and O–H groups in total. The zero-order chi connectivity index (χ0) is 9.84. The highest BCUT2D eigenvalue weighted by Gasteiger charge is 2.09. The zero-order valence-corrected chi connectivity index (χ0v) is 10.8. The summed E-state index contributed by atoms with van der Waals surface area (Å²) in [5.74, 6) is 0.607. The third-order valence-electron chi connectivity index (χ3n) is 1.84. The van der Waals surface area contributed by atoms with Gasteiger partial charge in [0.05, 0.1) is 5.69 Å². The Hall–Kier alpha value is -0.120. The molecule has 1 heterocycles. The summed E-state index contributed by atoms with van der Waals surface area (Å²) in [6, 6.07) is 5.90. The number of hydrogen-bond acceptors (Lipinski definition) is 2. The lowest BCUT2D eigenvalue weighted by Crippen LogP contribution is -2.14. The SMILES string of the molecule is CC(C)C[C@H](N)c1cccc(Br)n1.Cl. The minimum Gasteiger partial charge on any atom is -0.323 e. The molecule has 1 aromatic heterocycles. The van der Waals surface area contributed by atoms with Crippen LogP contribution in [0.2, 0.25) is 0 Å². The van der Waals surface area contributed by atoms with Gasteiger partial charge >= 0.3 is 0 Å². The molecule has 0 amide bonds. The molecule has 0 saturated heterocycles. The second-order valence-electron chi connectivity index (χ2n) is 3.62. The van der Waals surface area contributed by atoms with Crippen molar-refractivity contribution in [1.82, 2.24) is 4.98 Å². The van der Waals surface area contributed by atoms with Crippen molar-refractivity contribution >= 4 is 28.3 Å². The standard InChI is InChI=1S/C10H15BrN2.ClH/c1-7(2)6-8(12)9-4-3-5-10(11)13-9;/h3-5,7-8H,6,12H2,1-2H3;1H/t8-;/m0./s1. The molecule has 0 radical (unpaired) electrons. The Morgan fingerprint density at radius 1 is 1.43 bits per heavy atom. The van der Waals surface area contributed by atoms with Crippen LogP contribution in [0.3, 0.4) is 0 Å². The van der Waals surface area contributed by atoms with E-state index in [1.165, 1.54) is 0 Å². The van der Waals surface area contributed by atoms with E-state index in [4.69, 9.17) is 5.73 Å². The summed E-state index contributed by atoms with van der Waals surface area (Å²) in [7, 11) is 0. The molecule has 0 unspecified atom stereocenters. The number of aromatic nitrogens is 1. The Morgan fingerprint density at radius 3 is 2.57 bits per heavy atom. The number of nitrogens with two attached hydrogens (primary N) is 1. The third-order valence-corrected chi connectivity index (χ3v) is 2.28. The van der Waals surface area contributed by atoms with Crippen LogP contribution in [-0.2, 0) is 0 Å². The van der Waals surface area contributed by atoms with Gasteiger partial charge in [0.25, 0.3) is 0 Å². The lowest BCUT2D eigenvalue weighted by atomic mass is 10.0. The predicted octanol–water partition coefficient (Wildman–Crippen LogP) is 3.31. The first-order valence-electron chi connectivity index (χ1n) is 4.47. The second-order valence-corrected chi connectivity index (χ2v) is 4.43. The van der Waals surface area contributed by atoms with Crippen molar-refractivity contribution in [3.63, 3.8) is 0 Å². The first-order valence-corrected chi connectivity index (χ1v) is 5.27. The maximum absolute atomic E-state index is 5.98. The Bertz CT molecular complexity index is 279. The number of hydrogen-bond donors (Lipinski definition) is 1. The fourth-order valence-electron chi connectivity index (χ4n) is 1.26. The Labute approximate surface area is 99.8 Å². The lowest BCUT2D eigenvalue weighted by Gasteiger charge is -2.13. The third kappa shape index (κ3) is 4.40. The van der Waals surface area contributed by atoms with E-state index in [-0.39, 0.29) is 18.4 Å². The molecule has 0 saturated carbocycles. The smallest absolute Gasteiger partial charge is 0.106 e. The van der Waals surface area contributed by atoms with Crippen LogP contribution in [0.25, 0.3) is 0 Å². The first kappa shape index (κ1) is 13.9. The van der Waals surface area contributed by atoms with Gasteiger partial charge in [-0.3, -0.25) is 0 Å². The zero-order valence-electron chi connectivity index (χ0n) is 8.40. The Kier molecular flexibility index (Phi) is 6.33. The predicted molar refractivity (Wildman–Crippen MR) is 65.6 cm³/mol. The summed E-state index contributed by atoms with van der Waals surface area (Å²) >= 11 is 3.33. The minimum atomic E-state index is 0. The Balaban J connectivity index is 0.00000169. The Morgan fingerprint density at radius 2 is 2.07 bits per heavy atom. The van der Waals surface area contributed by atoms with Gasteiger partial charge in [0.2, 0.25) is 0 Å². The lowest BCUT2D eigenvalue weighted by molar-refractivity contribution is 0.502. The van der Waals surface area contributed by atoms with Gasteiger partial charge in [-0.2, -0.15) is 0 Å². The van der Waals surface area contributed by atoms with Gasteiger partial charge in [-0.1, -0.05) is 19.9 Å². The molecule has 1 rings (SSSR count). The molecule has 0 aliphatic carbocycles. The quantitative estimate of drug-likeness (QED) is 0.862. The van der Waals surface area contributed by atoms with Crippen molar-refractivity contribution < 1.29 is 0 Å². The number of halogens is 2. The molecule has 80 valence electrons. The van der Waals surface area contributed by atoms with Gasteiger partial charge in [0.1, 0.15) is 4.60 Å². The van der Waals surface area contributed by atoms with Crippen molar-refractivity contribution in [2.24, 2.45) is 11.7 Å². The van der Waals surface area contributed by atoms with Crippen LogP contribution in [0.1, 0.15) is 32.0 Å². The molecule has 14 heavy (non-hydrogen) atoms. The number of nitrogens with zero attached hydrogens (tertiary/aromatic N) is 1. The largest absolute Gasteiger partial charge is 0.323 e. The van der Waals surface area contributed by atoms with E-state index >= 15 is 0 Å². The molecule has 0 aromatic carbocycles. The average molecular weight is 280 g/mol. The van der Waals surface area contributed by atoms with E-state index < -0.39 is 0 Å². The molecule has 0 spiro atoms. The van der Waals surface area contributed by atoms with E-state index in [1.54, 1.807) is 0 Å². The fourth-order valence-corrected chi connectivity index (χ4v) is 1.62. The van der Waals surface area contributed by atoms with Gasteiger partial charge in [0, 0.05) is 6.04 Å². The first-order chi connectivity index (χ1) is 6.09. The maximum Gasteiger partial charge on any atom is 0.106 e. The van der Waals surface area contributed by atoms with Gasteiger partial charge in [0.15, 0.2) is 0 Å². The van der Waals surface area contributed by atoms with E-state index in [0.29, 0.717) is 5.92 Å². The summed E-state index contributed by atoms with van der Waals surface area (Å²) in [4.78, 5) is 4.32. The van der Waals surface area contributed by atoms with Gasteiger partial charge in [-0.05, 0) is 40.4 Å². The van der Waals surface area contributed by atoms with Crippen molar-refractivity contribution in [1.29, 1.82) is 0 Å². The van der Waals surface area contributed by atoms with Gasteiger partial charge < -0.3 is 5.73 Å². The molecule has 0 bridgehead atoms. The number of rotatable bonds is 3. The van der Waals surface area contributed by atoms with Crippen LogP contribution >= 0.6 is 28.3 Å². The van der Waals surface area contributed by atoms with Crippen LogP contribution in [-0.4, -0.2) is 4.98 Å². The monoisotopic (exact) mass is 278 g/mol. The molecule has 0 aliphatic rings. The van der Waals surface area contributed by atoms with Crippen molar-refractivity contribution in [3.8, 4) is 0 Å². The molecule has 1 aromatic rings. The summed E-state index contributed by atoms with van der Waals surface area (Å²) in [5.41, 5.74) is 6.94. The van der Waals surface area contributed by atoms with Crippen LogP contribution in [0, 0.1) is 5.92 Å². The van der Waals surface area contributed by atoms with E-state index in [9.17, 15) is 0 Å². The van der Waals surface area contributed by atoms with Crippen LogP contribution in [0.5, 0.6) is 0 Å². The van der Waals surface area contributed by atoms with Gasteiger partial charge in [-0.15, -0.1) is 12.4 Å². The highest BCUT2D eigenvalue weighted by Crippen LogP contribution is 2.18. The summed E-state index contributed by atoms with van der Waals surface area (Å²) in [6.45, 7) is 4.33. The fraction of sp³-hybridized carbons (Fsp3) is 0.500. The van der Waals surface area contributed by atoms with Gasteiger partial charge in [-0.25, -0.2) is 4.98 Å². The second kappa shape index (κ2) is 6.38. The molecular weight excluding hydrogens is 263 g/mol.